The molecule has 1 N–H and O–H groups in total. The predicted octanol–water partition coefficient (Wildman–Crippen LogP) is 5.58. The van der Waals surface area contributed by atoms with Crippen LogP contribution in [0.5, 0.6) is 0 Å². The van der Waals surface area contributed by atoms with Crippen LogP contribution in [0.4, 0.5) is 0 Å². The van der Waals surface area contributed by atoms with E-state index in [9.17, 15) is 14.4 Å². The molecule has 9 heteroatoms. The molecule has 3 rings (SSSR count). The van der Waals surface area contributed by atoms with Crippen LogP contribution in [-0.2, 0) is 23.8 Å². The summed E-state index contributed by atoms with van der Waals surface area (Å²) in [6.45, 7) is 6.57. The van der Waals surface area contributed by atoms with Crippen LogP contribution >= 0.6 is 23.2 Å². The van der Waals surface area contributed by atoms with E-state index in [0.717, 1.165) is 0 Å². The Hall–Kier alpha value is -3.29. The highest BCUT2D eigenvalue weighted by Gasteiger charge is 2.39. The predicted molar refractivity (Wildman–Crippen MR) is 137 cm³/mol. The van der Waals surface area contributed by atoms with Gasteiger partial charge in [0.15, 0.2) is 0 Å². The Morgan fingerprint density at radius 1 is 0.833 bits per heavy atom. The number of carbonyl (C=O) groups excluding carboxylic acids is 3. The number of halogens is 2. The average Bonchev–Trinajstić information content (AvgIpc) is 2.82. The highest BCUT2D eigenvalue weighted by molar-refractivity contribution is 6.42. The molecule has 0 bridgehead atoms. The summed E-state index contributed by atoms with van der Waals surface area (Å²) < 4.78 is 16.1. The molecule has 0 saturated heterocycles. The zero-order chi connectivity index (χ0) is 26.4. The van der Waals surface area contributed by atoms with Crippen LogP contribution in [0, 0.1) is 0 Å². The van der Waals surface area contributed by atoms with Crippen LogP contribution in [0.25, 0.3) is 0 Å². The highest BCUT2D eigenvalue weighted by Crippen LogP contribution is 2.43. The molecule has 1 heterocycles. The Morgan fingerprint density at radius 3 is 2.03 bits per heavy atom. The van der Waals surface area contributed by atoms with Gasteiger partial charge in [-0.3, -0.25) is 0 Å². The first-order chi connectivity index (χ1) is 17.1. The van der Waals surface area contributed by atoms with Crippen molar-refractivity contribution in [2.45, 2.75) is 39.7 Å². The van der Waals surface area contributed by atoms with Crippen molar-refractivity contribution in [3.63, 3.8) is 0 Å². The van der Waals surface area contributed by atoms with E-state index in [1.807, 2.05) is 0 Å². The number of allylic oxidation sites excluding steroid dienone is 2. The van der Waals surface area contributed by atoms with Crippen LogP contribution in [0.3, 0.4) is 0 Å². The lowest BCUT2D eigenvalue weighted by molar-refractivity contribution is -0.143. The zero-order valence-corrected chi connectivity index (χ0v) is 21.9. The molecule has 0 fully saturated rings. The maximum Gasteiger partial charge on any atom is 0.338 e. The van der Waals surface area contributed by atoms with Crippen LogP contribution in [0.2, 0.25) is 10.0 Å². The number of dihydropyridines is 1. The van der Waals surface area contributed by atoms with Crippen molar-refractivity contribution in [2.75, 3.05) is 13.2 Å². The van der Waals surface area contributed by atoms with E-state index in [1.54, 1.807) is 76.2 Å². The monoisotopic (exact) mass is 531 g/mol. The summed E-state index contributed by atoms with van der Waals surface area (Å²) in [5, 5.41) is 3.56. The molecule has 7 nitrogen and oxygen atoms in total. The van der Waals surface area contributed by atoms with Crippen LogP contribution in [-0.4, -0.2) is 37.2 Å². The fraction of sp³-hybridized carbons (Fsp3) is 0.296. The minimum Gasteiger partial charge on any atom is -0.460 e. The third-order valence-electron chi connectivity index (χ3n) is 5.39. The van der Waals surface area contributed by atoms with E-state index >= 15 is 0 Å². The van der Waals surface area contributed by atoms with Gasteiger partial charge in [-0.15, -0.1) is 0 Å². The Balaban J connectivity index is 1.86. The fourth-order valence-electron chi connectivity index (χ4n) is 3.87. The van der Waals surface area contributed by atoms with E-state index in [4.69, 9.17) is 37.4 Å². The van der Waals surface area contributed by atoms with Gasteiger partial charge in [0.1, 0.15) is 13.2 Å². The summed E-state index contributed by atoms with van der Waals surface area (Å²) in [6.07, 6.45) is -0.380. The van der Waals surface area contributed by atoms with Gasteiger partial charge in [0.2, 0.25) is 0 Å². The summed E-state index contributed by atoms with van der Waals surface area (Å²) in [6, 6.07) is 13.5. The Labute approximate surface area is 220 Å². The lowest BCUT2D eigenvalue weighted by Crippen LogP contribution is -2.33. The summed E-state index contributed by atoms with van der Waals surface area (Å²) in [4.78, 5) is 38.5. The van der Waals surface area contributed by atoms with Crippen molar-refractivity contribution < 1.29 is 28.6 Å². The maximum atomic E-state index is 13.3. The maximum absolute atomic E-state index is 13.3. The molecule has 1 unspecified atom stereocenters. The van der Waals surface area contributed by atoms with Crippen molar-refractivity contribution in [1.29, 1.82) is 0 Å². The van der Waals surface area contributed by atoms with Gasteiger partial charge in [0.05, 0.1) is 38.8 Å². The van der Waals surface area contributed by atoms with Crippen LogP contribution in [0.1, 0.15) is 49.5 Å². The molecule has 36 heavy (non-hydrogen) atoms. The van der Waals surface area contributed by atoms with Crippen molar-refractivity contribution in [1.82, 2.24) is 5.32 Å². The molecule has 2 aromatic rings. The second kappa shape index (κ2) is 12.1. The number of carbonyl (C=O) groups is 3. The van der Waals surface area contributed by atoms with Gasteiger partial charge >= 0.3 is 17.9 Å². The third kappa shape index (κ3) is 6.28. The van der Waals surface area contributed by atoms with E-state index in [-0.39, 0.29) is 40.5 Å². The van der Waals surface area contributed by atoms with E-state index in [2.05, 4.69) is 5.32 Å². The Kier molecular flexibility index (Phi) is 9.18. The minimum absolute atomic E-state index is 0.140. The van der Waals surface area contributed by atoms with Gasteiger partial charge in [0.25, 0.3) is 0 Å². The second-order valence-corrected chi connectivity index (χ2v) is 9.16. The lowest BCUT2D eigenvalue weighted by atomic mass is 9.80. The second-order valence-electron chi connectivity index (χ2n) is 8.37. The molecular formula is C27H27Cl2NO6. The first kappa shape index (κ1) is 27.3. The molecule has 1 aliphatic heterocycles. The van der Waals surface area contributed by atoms with Gasteiger partial charge in [-0.05, 0) is 51.5 Å². The molecule has 0 aliphatic carbocycles. The molecule has 190 valence electrons. The normalized spacial score (nSPS) is 15.5. The zero-order valence-electron chi connectivity index (χ0n) is 20.4. The molecule has 0 saturated carbocycles. The molecule has 0 amide bonds. The number of esters is 3. The van der Waals surface area contributed by atoms with Crippen LogP contribution in [0.15, 0.2) is 71.1 Å². The number of nitrogens with one attached hydrogen (secondary N) is 1. The smallest absolute Gasteiger partial charge is 0.338 e. The SMILES string of the molecule is CC1=C(C(=O)OCCOC(=O)c2ccccc2)C(c2cccc(Cl)c2Cl)C(C(=O)OC(C)C)=C(C)N1. The van der Waals surface area contributed by atoms with Crippen LogP contribution < -0.4 is 5.32 Å². The average molecular weight is 532 g/mol. The van der Waals surface area contributed by atoms with Crippen molar-refractivity contribution in [3.05, 3.63) is 92.2 Å². The van der Waals surface area contributed by atoms with Crippen molar-refractivity contribution in [2.24, 2.45) is 0 Å². The molecule has 1 atom stereocenters. The Morgan fingerprint density at radius 2 is 1.42 bits per heavy atom. The third-order valence-corrected chi connectivity index (χ3v) is 6.23. The molecule has 2 aromatic carbocycles. The number of rotatable bonds is 8. The van der Waals surface area contributed by atoms with E-state index in [0.29, 0.717) is 22.5 Å². The molecular weight excluding hydrogens is 505 g/mol. The van der Waals surface area contributed by atoms with Crippen molar-refractivity contribution in [3.8, 4) is 0 Å². The fourth-order valence-corrected chi connectivity index (χ4v) is 4.29. The standard InChI is InChI=1S/C27H27Cl2NO6/c1-15(2)36-27(33)22-17(4)30-16(3)21(23(22)19-11-8-12-20(28)24(19)29)26(32)35-14-13-34-25(31)18-9-6-5-7-10-18/h5-12,15,23,30H,13-14H2,1-4H3. The largest absolute Gasteiger partial charge is 0.460 e. The number of hydrogen-bond acceptors (Lipinski definition) is 7. The first-order valence-corrected chi connectivity index (χ1v) is 12.1. The molecule has 0 aromatic heterocycles. The molecule has 1 aliphatic rings. The quantitative estimate of drug-likeness (QED) is 0.270. The van der Waals surface area contributed by atoms with Gasteiger partial charge in [-0.1, -0.05) is 53.5 Å². The molecule has 0 radical (unpaired) electrons. The Bertz CT molecular complexity index is 1220. The molecule has 0 spiro atoms. The van der Waals surface area contributed by atoms with Gasteiger partial charge in [-0.25, -0.2) is 14.4 Å². The number of ether oxygens (including phenoxy) is 3. The summed E-state index contributed by atoms with van der Waals surface area (Å²) in [7, 11) is 0. The van der Waals surface area contributed by atoms with Gasteiger partial charge in [-0.2, -0.15) is 0 Å². The topological polar surface area (TPSA) is 90.9 Å². The van der Waals surface area contributed by atoms with Gasteiger partial charge in [0, 0.05) is 11.4 Å². The summed E-state index contributed by atoms with van der Waals surface area (Å²) in [5.41, 5.74) is 2.26. The number of hydrogen-bond donors (Lipinski definition) is 1. The van der Waals surface area contributed by atoms with Crippen molar-refractivity contribution >= 4 is 41.1 Å². The highest BCUT2D eigenvalue weighted by atomic mass is 35.5. The first-order valence-electron chi connectivity index (χ1n) is 11.3. The lowest BCUT2D eigenvalue weighted by Gasteiger charge is -2.31. The summed E-state index contributed by atoms with van der Waals surface area (Å²) >= 11 is 12.8. The summed E-state index contributed by atoms with van der Waals surface area (Å²) in [5.74, 6) is -2.70. The van der Waals surface area contributed by atoms with E-state index in [1.165, 1.54) is 0 Å². The number of benzene rings is 2. The van der Waals surface area contributed by atoms with Gasteiger partial charge < -0.3 is 19.5 Å². The van der Waals surface area contributed by atoms with E-state index < -0.39 is 23.8 Å². The minimum atomic E-state index is -0.886.